The molecule has 37 heavy (non-hydrogen) atoms. The van der Waals surface area contributed by atoms with Crippen LogP contribution >= 0.6 is 12.2 Å². The molecule has 204 valence electrons. The fraction of sp³-hybridized carbons (Fsp3) is 0.538. The molecular weight excluding hydrogens is 510 g/mol. The Morgan fingerprint density at radius 3 is 2.05 bits per heavy atom. The third-order valence-electron chi connectivity index (χ3n) is 5.77. The minimum absolute atomic E-state index is 0.00565. The van der Waals surface area contributed by atoms with Gasteiger partial charge >= 0.3 is 0 Å². The van der Waals surface area contributed by atoms with Gasteiger partial charge in [0.05, 0.1) is 12.0 Å². The molecule has 0 saturated carbocycles. The zero-order valence-electron chi connectivity index (χ0n) is 21.8. The van der Waals surface area contributed by atoms with Crippen molar-refractivity contribution >= 4 is 44.8 Å². The molecule has 0 saturated heterocycles. The summed E-state index contributed by atoms with van der Waals surface area (Å²) in [5, 5.41) is 5.75. The highest BCUT2D eigenvalue weighted by molar-refractivity contribution is 7.92. The van der Waals surface area contributed by atoms with Gasteiger partial charge in [-0.1, -0.05) is 71.1 Å². The van der Waals surface area contributed by atoms with E-state index in [4.69, 9.17) is 17.0 Å². The fourth-order valence-electron chi connectivity index (χ4n) is 3.75. The molecule has 2 aromatic rings. The predicted molar refractivity (Wildman–Crippen MR) is 151 cm³/mol. The van der Waals surface area contributed by atoms with E-state index in [2.05, 4.69) is 32.2 Å². The summed E-state index contributed by atoms with van der Waals surface area (Å²) in [7, 11) is -2.52. The number of benzene rings is 1. The third-order valence-corrected chi connectivity index (χ3v) is 7.33. The summed E-state index contributed by atoms with van der Waals surface area (Å²) >= 11 is 5.22. The summed E-state index contributed by atoms with van der Waals surface area (Å²) in [6.45, 7) is 2.24. The Morgan fingerprint density at radius 1 is 0.892 bits per heavy atom. The van der Waals surface area contributed by atoms with Crippen LogP contribution in [0.4, 0.5) is 11.5 Å². The Hall–Kier alpha value is -2.79. The lowest BCUT2D eigenvalue weighted by Crippen LogP contribution is -2.33. The Labute approximate surface area is 226 Å². The van der Waals surface area contributed by atoms with Crippen molar-refractivity contribution in [2.45, 2.75) is 88.9 Å². The molecule has 0 unspecified atom stereocenters. The van der Waals surface area contributed by atoms with Gasteiger partial charge in [0, 0.05) is 24.5 Å². The Bertz CT molecular complexity index is 1080. The van der Waals surface area contributed by atoms with Gasteiger partial charge in [0.25, 0.3) is 15.9 Å². The van der Waals surface area contributed by atoms with Gasteiger partial charge in [-0.3, -0.25) is 9.52 Å². The summed E-state index contributed by atoms with van der Waals surface area (Å²) in [4.78, 5) is 20.1. The molecular formula is C26H39N5O4S2. The second-order valence-corrected chi connectivity index (χ2v) is 10.9. The number of nitrogens with zero attached hydrogens (tertiary/aromatic N) is 2. The molecule has 1 heterocycles. The maximum absolute atomic E-state index is 12.7. The lowest BCUT2D eigenvalue weighted by molar-refractivity contribution is -0.119. The van der Waals surface area contributed by atoms with Crippen LogP contribution < -0.4 is 20.1 Å². The van der Waals surface area contributed by atoms with Crippen LogP contribution in [0.25, 0.3) is 0 Å². The number of aromatic nitrogens is 2. The van der Waals surface area contributed by atoms with Crippen molar-refractivity contribution in [1.82, 2.24) is 15.3 Å². The van der Waals surface area contributed by atoms with Crippen LogP contribution in [0.5, 0.6) is 5.88 Å². The van der Waals surface area contributed by atoms with E-state index in [1.54, 1.807) is 12.1 Å². The van der Waals surface area contributed by atoms with Gasteiger partial charge < -0.3 is 15.4 Å². The Morgan fingerprint density at radius 2 is 1.46 bits per heavy atom. The Kier molecular flexibility index (Phi) is 13.9. The Balaban J connectivity index is 1.66. The number of methoxy groups -OCH3 is 1. The molecule has 3 N–H and O–H groups in total. The fourth-order valence-corrected chi connectivity index (χ4v) is 4.99. The number of thiocarbonyl (C=S) groups is 1. The second-order valence-electron chi connectivity index (χ2n) is 8.83. The van der Waals surface area contributed by atoms with Crippen molar-refractivity contribution in [2.75, 3.05) is 17.1 Å². The third kappa shape index (κ3) is 11.9. The smallest absolute Gasteiger partial charge is 0.263 e. The number of hydrogen-bond acceptors (Lipinski definition) is 7. The van der Waals surface area contributed by atoms with Gasteiger partial charge in [-0.05, 0) is 42.9 Å². The average Bonchev–Trinajstić information content (AvgIpc) is 2.87. The monoisotopic (exact) mass is 549 g/mol. The highest BCUT2D eigenvalue weighted by Crippen LogP contribution is 2.22. The number of carbonyl (C=O) groups is 1. The highest BCUT2D eigenvalue weighted by Gasteiger charge is 2.18. The van der Waals surface area contributed by atoms with Gasteiger partial charge in [0.2, 0.25) is 11.7 Å². The first-order chi connectivity index (χ1) is 17.9. The maximum atomic E-state index is 12.7. The van der Waals surface area contributed by atoms with Gasteiger partial charge in [0.1, 0.15) is 0 Å². The molecule has 0 spiro atoms. The molecule has 0 radical (unpaired) electrons. The molecule has 1 amide bonds. The summed E-state index contributed by atoms with van der Waals surface area (Å²) in [6.07, 6.45) is 16.7. The van der Waals surface area contributed by atoms with Gasteiger partial charge in [-0.25, -0.2) is 18.4 Å². The number of anilines is 2. The number of hydrogen-bond donors (Lipinski definition) is 3. The number of amides is 1. The van der Waals surface area contributed by atoms with E-state index in [0.29, 0.717) is 12.1 Å². The first kappa shape index (κ1) is 30.4. The maximum Gasteiger partial charge on any atom is 0.263 e. The lowest BCUT2D eigenvalue weighted by Gasteiger charge is -2.12. The van der Waals surface area contributed by atoms with E-state index in [1.807, 2.05) is 0 Å². The molecule has 0 atom stereocenters. The van der Waals surface area contributed by atoms with Crippen LogP contribution in [0.1, 0.15) is 84.0 Å². The van der Waals surface area contributed by atoms with E-state index in [1.165, 1.54) is 83.0 Å². The molecule has 0 fully saturated rings. The summed E-state index contributed by atoms with van der Waals surface area (Å²) in [5.41, 5.74) is 0.552. The lowest BCUT2D eigenvalue weighted by atomic mass is 10.1. The van der Waals surface area contributed by atoms with Crippen molar-refractivity contribution < 1.29 is 17.9 Å². The molecule has 1 aromatic heterocycles. The van der Waals surface area contributed by atoms with Gasteiger partial charge in [-0.15, -0.1) is 0 Å². The summed E-state index contributed by atoms with van der Waals surface area (Å²) < 4.78 is 32.7. The van der Waals surface area contributed by atoms with Crippen molar-refractivity contribution in [3.8, 4) is 5.88 Å². The molecule has 0 bridgehead atoms. The molecule has 9 nitrogen and oxygen atoms in total. The molecule has 0 aliphatic carbocycles. The van der Waals surface area contributed by atoms with Crippen LogP contribution in [0.2, 0.25) is 0 Å². The second kappa shape index (κ2) is 16.9. The van der Waals surface area contributed by atoms with E-state index in [-0.39, 0.29) is 27.6 Å². The first-order valence-corrected chi connectivity index (χ1v) is 14.8. The summed E-state index contributed by atoms with van der Waals surface area (Å²) in [5.74, 6) is -0.0674. The van der Waals surface area contributed by atoms with Crippen molar-refractivity contribution in [3.05, 3.63) is 36.7 Å². The minimum Gasteiger partial charge on any atom is -0.478 e. The zero-order valence-corrected chi connectivity index (χ0v) is 23.4. The SMILES string of the molecule is CCCCCCCCCCCCCC(=O)NC(=S)Nc1ccc(S(=O)(=O)Nc2nccnc2OC)cc1. The number of rotatable bonds is 17. The molecule has 11 heteroatoms. The number of carbonyl (C=O) groups excluding carboxylic acids is 1. The van der Waals surface area contributed by atoms with Crippen LogP contribution in [-0.4, -0.2) is 36.5 Å². The van der Waals surface area contributed by atoms with Gasteiger partial charge in [-0.2, -0.15) is 0 Å². The van der Waals surface area contributed by atoms with Crippen LogP contribution in [0.3, 0.4) is 0 Å². The summed E-state index contributed by atoms with van der Waals surface area (Å²) in [6, 6.07) is 5.96. The van der Waals surface area contributed by atoms with Gasteiger partial charge in [0.15, 0.2) is 5.11 Å². The largest absolute Gasteiger partial charge is 0.478 e. The van der Waals surface area contributed by atoms with Crippen LogP contribution in [0.15, 0.2) is 41.6 Å². The highest BCUT2D eigenvalue weighted by atomic mass is 32.2. The van der Waals surface area contributed by atoms with Crippen LogP contribution in [0, 0.1) is 0 Å². The number of ether oxygens (including phenoxy) is 1. The quantitative estimate of drug-likeness (QED) is 0.167. The van der Waals surface area contributed by atoms with E-state index >= 15 is 0 Å². The number of unbranched alkanes of at least 4 members (excludes halogenated alkanes) is 10. The molecule has 2 rings (SSSR count). The van der Waals surface area contributed by atoms with Crippen molar-refractivity contribution in [3.63, 3.8) is 0 Å². The number of nitrogens with one attached hydrogen (secondary N) is 3. The van der Waals surface area contributed by atoms with E-state index in [0.717, 1.165) is 19.3 Å². The molecule has 0 aliphatic heterocycles. The van der Waals surface area contributed by atoms with Crippen molar-refractivity contribution in [2.24, 2.45) is 0 Å². The first-order valence-electron chi connectivity index (χ1n) is 12.9. The van der Waals surface area contributed by atoms with Crippen molar-refractivity contribution in [1.29, 1.82) is 0 Å². The topological polar surface area (TPSA) is 122 Å². The standard InChI is InChI=1S/C26H39N5O4S2/c1-3-4-5-6-7-8-9-10-11-12-13-14-23(32)30-26(36)29-21-15-17-22(18-16-21)37(33,34)31-24-25(35-2)28-20-19-27-24/h15-20H,3-14H2,1-2H3,(H,27,31)(H2,29,30,32,36). The zero-order chi connectivity index (χ0) is 26.9. The molecule has 1 aromatic carbocycles. The van der Waals surface area contributed by atoms with E-state index in [9.17, 15) is 13.2 Å². The van der Waals surface area contributed by atoms with Crippen LogP contribution in [-0.2, 0) is 14.8 Å². The predicted octanol–water partition coefficient (Wildman–Crippen LogP) is 5.80. The minimum atomic E-state index is -3.90. The number of sulfonamides is 1. The van der Waals surface area contributed by atoms with E-state index < -0.39 is 10.0 Å². The normalized spacial score (nSPS) is 11.1. The molecule has 0 aliphatic rings. The average molecular weight is 550 g/mol.